The van der Waals surface area contributed by atoms with Gasteiger partial charge >= 0.3 is 0 Å². The van der Waals surface area contributed by atoms with Gasteiger partial charge in [-0.05, 0) is 49.6 Å². The highest BCUT2D eigenvalue weighted by atomic mass is 35.5. The zero-order valence-corrected chi connectivity index (χ0v) is 16.8. The number of thioether (sulfide) groups is 1. The maximum absolute atomic E-state index is 6.26. The summed E-state index contributed by atoms with van der Waals surface area (Å²) in [5, 5.41) is 10.7. The van der Waals surface area contributed by atoms with Crippen LogP contribution in [0.15, 0.2) is 47.9 Å². The first-order valence-corrected chi connectivity index (χ1v) is 10.5. The minimum atomic E-state index is 0.257. The molecule has 140 valence electrons. The third-order valence-corrected chi connectivity index (χ3v) is 6.21. The summed E-state index contributed by atoms with van der Waals surface area (Å²) in [6.45, 7) is 0.840. The lowest BCUT2D eigenvalue weighted by atomic mass is 10.1. The van der Waals surface area contributed by atoms with Gasteiger partial charge in [0.1, 0.15) is 0 Å². The van der Waals surface area contributed by atoms with E-state index in [0.717, 1.165) is 47.4 Å². The Kier molecular flexibility index (Phi) is 5.98. The minimum Gasteiger partial charge on any atom is -0.377 e. The average molecular weight is 421 g/mol. The van der Waals surface area contributed by atoms with E-state index in [4.69, 9.17) is 27.9 Å². The highest BCUT2D eigenvalue weighted by molar-refractivity contribution is 7.99. The molecule has 3 heterocycles. The smallest absolute Gasteiger partial charge is 0.196 e. The van der Waals surface area contributed by atoms with Crippen LogP contribution in [0.25, 0.3) is 17.1 Å². The summed E-state index contributed by atoms with van der Waals surface area (Å²) >= 11 is 14.0. The Morgan fingerprint density at radius 1 is 1.07 bits per heavy atom. The van der Waals surface area contributed by atoms with Gasteiger partial charge in [0.2, 0.25) is 0 Å². The van der Waals surface area contributed by atoms with Crippen molar-refractivity contribution < 1.29 is 4.74 Å². The van der Waals surface area contributed by atoms with Gasteiger partial charge in [-0.1, -0.05) is 35.0 Å². The van der Waals surface area contributed by atoms with E-state index >= 15 is 0 Å². The molecule has 1 unspecified atom stereocenters. The number of hydrogen-bond acceptors (Lipinski definition) is 5. The average Bonchev–Trinajstić information content (AvgIpc) is 3.14. The lowest BCUT2D eigenvalue weighted by molar-refractivity contribution is 0.0315. The predicted molar refractivity (Wildman–Crippen MR) is 109 cm³/mol. The molecule has 0 bridgehead atoms. The fourth-order valence-corrected chi connectivity index (χ4v) is 4.32. The van der Waals surface area contributed by atoms with Crippen LogP contribution in [0.1, 0.15) is 19.3 Å². The second-order valence-corrected chi connectivity index (χ2v) is 8.08. The monoisotopic (exact) mass is 420 g/mol. The molecule has 1 aliphatic heterocycles. The predicted octanol–water partition coefficient (Wildman–Crippen LogP) is 5.30. The molecule has 27 heavy (non-hydrogen) atoms. The van der Waals surface area contributed by atoms with Gasteiger partial charge in [-0.25, -0.2) is 0 Å². The molecule has 5 nitrogen and oxygen atoms in total. The quantitative estimate of drug-likeness (QED) is 0.524. The van der Waals surface area contributed by atoms with Gasteiger partial charge in [0.25, 0.3) is 0 Å². The molecule has 1 saturated heterocycles. The highest BCUT2D eigenvalue weighted by Crippen LogP contribution is 2.32. The molecule has 0 radical (unpaired) electrons. The van der Waals surface area contributed by atoms with Crippen molar-refractivity contribution >= 4 is 35.0 Å². The van der Waals surface area contributed by atoms with Crippen molar-refractivity contribution in [3.05, 3.63) is 52.8 Å². The molecule has 1 aliphatic rings. The van der Waals surface area contributed by atoms with E-state index in [9.17, 15) is 0 Å². The van der Waals surface area contributed by atoms with Gasteiger partial charge in [0.15, 0.2) is 11.0 Å². The molecule has 0 saturated carbocycles. The van der Waals surface area contributed by atoms with Crippen molar-refractivity contribution in [2.24, 2.45) is 0 Å². The number of ether oxygens (including phenoxy) is 1. The van der Waals surface area contributed by atoms with Crippen molar-refractivity contribution in [2.45, 2.75) is 30.5 Å². The zero-order valence-electron chi connectivity index (χ0n) is 14.5. The molecule has 0 aliphatic carbocycles. The van der Waals surface area contributed by atoms with Crippen LogP contribution in [0, 0.1) is 0 Å². The molecular formula is C19H18Cl2N4OS. The second-order valence-electron chi connectivity index (χ2n) is 6.28. The maximum Gasteiger partial charge on any atom is 0.196 e. The first-order valence-electron chi connectivity index (χ1n) is 8.78. The highest BCUT2D eigenvalue weighted by Gasteiger charge is 2.20. The van der Waals surface area contributed by atoms with E-state index in [1.165, 1.54) is 6.42 Å². The van der Waals surface area contributed by atoms with Crippen LogP contribution < -0.4 is 0 Å². The van der Waals surface area contributed by atoms with Crippen molar-refractivity contribution in [1.29, 1.82) is 0 Å². The Morgan fingerprint density at radius 3 is 2.67 bits per heavy atom. The van der Waals surface area contributed by atoms with Gasteiger partial charge in [-0.3, -0.25) is 9.55 Å². The Morgan fingerprint density at radius 2 is 1.93 bits per heavy atom. The van der Waals surface area contributed by atoms with Crippen LogP contribution in [0.4, 0.5) is 0 Å². The summed E-state index contributed by atoms with van der Waals surface area (Å²) in [5.41, 5.74) is 1.80. The summed E-state index contributed by atoms with van der Waals surface area (Å²) in [5.74, 6) is 1.58. The van der Waals surface area contributed by atoms with Crippen LogP contribution in [-0.2, 0) is 4.74 Å². The first kappa shape index (κ1) is 18.7. The van der Waals surface area contributed by atoms with Crippen molar-refractivity contribution in [3.63, 3.8) is 0 Å². The summed E-state index contributed by atoms with van der Waals surface area (Å²) < 4.78 is 7.85. The topological polar surface area (TPSA) is 52.8 Å². The van der Waals surface area contributed by atoms with E-state index in [1.807, 2.05) is 28.8 Å². The molecule has 1 fully saturated rings. The standard InChI is InChI=1S/C19H18Cl2N4OS/c20-16-5-4-14(11-17(16)21)25-18(13-6-8-22-9-7-13)23-24-19(25)27-12-15-3-1-2-10-26-15/h4-9,11,15H,1-3,10,12H2. The Hall–Kier alpha value is -1.60. The molecule has 1 aromatic carbocycles. The van der Waals surface area contributed by atoms with E-state index < -0.39 is 0 Å². The van der Waals surface area contributed by atoms with Crippen LogP contribution in [-0.4, -0.2) is 38.2 Å². The van der Waals surface area contributed by atoms with Crippen LogP contribution >= 0.6 is 35.0 Å². The van der Waals surface area contributed by atoms with Crippen LogP contribution in [0.3, 0.4) is 0 Å². The summed E-state index contributed by atoms with van der Waals surface area (Å²) in [4.78, 5) is 4.09. The Labute approximate surface area is 172 Å². The number of aromatic nitrogens is 4. The third kappa shape index (κ3) is 4.29. The van der Waals surface area contributed by atoms with E-state index in [-0.39, 0.29) is 6.10 Å². The van der Waals surface area contributed by atoms with Crippen molar-refractivity contribution in [1.82, 2.24) is 19.7 Å². The van der Waals surface area contributed by atoms with Crippen molar-refractivity contribution in [2.75, 3.05) is 12.4 Å². The SMILES string of the molecule is Clc1ccc(-n2c(SCC3CCCCO3)nnc2-c2ccncc2)cc1Cl. The van der Waals surface area contributed by atoms with Crippen LogP contribution in [0.2, 0.25) is 10.0 Å². The Bertz CT molecular complexity index is 913. The number of pyridine rings is 1. The zero-order chi connectivity index (χ0) is 18.6. The van der Waals surface area contributed by atoms with Gasteiger partial charge in [-0.15, -0.1) is 10.2 Å². The maximum atomic E-state index is 6.26. The summed E-state index contributed by atoms with van der Waals surface area (Å²) in [6.07, 6.45) is 7.19. The minimum absolute atomic E-state index is 0.257. The lowest BCUT2D eigenvalue weighted by Crippen LogP contribution is -2.21. The van der Waals surface area contributed by atoms with E-state index in [2.05, 4.69) is 15.2 Å². The number of halogens is 2. The van der Waals surface area contributed by atoms with Gasteiger partial charge in [0.05, 0.1) is 21.8 Å². The second kappa shape index (κ2) is 8.61. The van der Waals surface area contributed by atoms with Gasteiger partial charge in [-0.2, -0.15) is 0 Å². The van der Waals surface area contributed by atoms with E-state index in [0.29, 0.717) is 10.0 Å². The lowest BCUT2D eigenvalue weighted by Gasteiger charge is -2.22. The number of hydrogen-bond donors (Lipinski definition) is 0. The molecule has 0 spiro atoms. The fraction of sp³-hybridized carbons (Fsp3) is 0.316. The molecule has 1 atom stereocenters. The van der Waals surface area contributed by atoms with Crippen molar-refractivity contribution in [3.8, 4) is 17.1 Å². The first-order chi connectivity index (χ1) is 13.2. The molecule has 0 N–H and O–H groups in total. The largest absolute Gasteiger partial charge is 0.377 e. The van der Waals surface area contributed by atoms with Crippen LogP contribution in [0.5, 0.6) is 0 Å². The normalized spacial score (nSPS) is 17.2. The number of benzene rings is 1. The summed E-state index contributed by atoms with van der Waals surface area (Å²) in [6, 6.07) is 9.37. The van der Waals surface area contributed by atoms with Gasteiger partial charge < -0.3 is 4.74 Å². The number of rotatable bonds is 5. The fourth-order valence-electron chi connectivity index (χ4n) is 3.01. The summed E-state index contributed by atoms with van der Waals surface area (Å²) in [7, 11) is 0. The number of nitrogens with zero attached hydrogens (tertiary/aromatic N) is 4. The van der Waals surface area contributed by atoms with E-state index in [1.54, 1.807) is 30.2 Å². The molecule has 8 heteroatoms. The molecule has 4 rings (SSSR count). The third-order valence-electron chi connectivity index (χ3n) is 4.41. The molecule has 3 aromatic rings. The molecule has 2 aromatic heterocycles. The molecular weight excluding hydrogens is 403 g/mol. The molecule has 0 amide bonds. The van der Waals surface area contributed by atoms with Gasteiger partial charge in [0, 0.05) is 30.3 Å². The Balaban J connectivity index is 1.70.